The summed E-state index contributed by atoms with van der Waals surface area (Å²) in [6, 6.07) is 0.307. The summed E-state index contributed by atoms with van der Waals surface area (Å²) in [6.45, 7) is 8.79. The van der Waals surface area contributed by atoms with Gasteiger partial charge in [0.2, 0.25) is 0 Å². The van der Waals surface area contributed by atoms with Gasteiger partial charge in [-0.3, -0.25) is 9.69 Å². The number of amides is 1. The van der Waals surface area contributed by atoms with Gasteiger partial charge in [-0.2, -0.15) is 0 Å². The second-order valence-corrected chi connectivity index (χ2v) is 8.77. The molecule has 1 aromatic rings. The molecule has 2 N–H and O–H groups in total. The number of aromatic nitrogens is 2. The van der Waals surface area contributed by atoms with Crippen molar-refractivity contribution >= 4 is 5.91 Å². The SMILES string of the molecule is CCN1CC2(C[C@@H](O)[C@H](NC(=O)c3cncnc3C3CC3)C2)C1C(C)C. The van der Waals surface area contributed by atoms with Gasteiger partial charge in [0.15, 0.2) is 0 Å². The minimum absolute atomic E-state index is 0.133. The number of hydrogen-bond acceptors (Lipinski definition) is 5. The molecule has 2 saturated carbocycles. The number of nitrogens with zero attached hydrogens (tertiary/aromatic N) is 3. The van der Waals surface area contributed by atoms with Crippen LogP contribution < -0.4 is 5.32 Å². The van der Waals surface area contributed by atoms with E-state index >= 15 is 0 Å². The zero-order valence-corrected chi connectivity index (χ0v) is 16.0. The van der Waals surface area contributed by atoms with Gasteiger partial charge in [-0.25, -0.2) is 9.97 Å². The van der Waals surface area contributed by atoms with Crippen LogP contribution in [0.5, 0.6) is 0 Å². The highest BCUT2D eigenvalue weighted by atomic mass is 16.3. The lowest BCUT2D eigenvalue weighted by Gasteiger charge is -2.58. The van der Waals surface area contributed by atoms with E-state index in [1.165, 1.54) is 6.33 Å². The predicted molar refractivity (Wildman–Crippen MR) is 98.8 cm³/mol. The Morgan fingerprint density at radius 3 is 2.85 bits per heavy atom. The topological polar surface area (TPSA) is 78.4 Å². The first-order chi connectivity index (χ1) is 12.4. The summed E-state index contributed by atoms with van der Waals surface area (Å²) in [5.74, 6) is 0.810. The lowest BCUT2D eigenvalue weighted by Crippen LogP contribution is -2.65. The highest BCUT2D eigenvalue weighted by Gasteiger charge is 2.58. The zero-order chi connectivity index (χ0) is 18.5. The van der Waals surface area contributed by atoms with Crippen LogP contribution in [0.4, 0.5) is 0 Å². The maximum atomic E-state index is 12.8. The Morgan fingerprint density at radius 2 is 2.19 bits per heavy atom. The van der Waals surface area contributed by atoms with E-state index in [1.807, 2.05) is 0 Å². The van der Waals surface area contributed by atoms with Gasteiger partial charge in [0, 0.05) is 30.1 Å². The van der Waals surface area contributed by atoms with Crippen LogP contribution >= 0.6 is 0 Å². The van der Waals surface area contributed by atoms with Crippen molar-refractivity contribution in [2.45, 2.75) is 70.6 Å². The Balaban J connectivity index is 1.47. The van der Waals surface area contributed by atoms with Gasteiger partial charge in [0.1, 0.15) is 6.33 Å². The summed E-state index contributed by atoms with van der Waals surface area (Å²) in [6.07, 6.45) is 6.47. The summed E-state index contributed by atoms with van der Waals surface area (Å²) < 4.78 is 0. The van der Waals surface area contributed by atoms with Crippen molar-refractivity contribution in [1.29, 1.82) is 0 Å². The fourth-order valence-electron chi connectivity index (χ4n) is 5.48. The fraction of sp³-hybridized carbons (Fsp3) is 0.750. The van der Waals surface area contributed by atoms with E-state index in [0.29, 0.717) is 23.4 Å². The van der Waals surface area contributed by atoms with E-state index < -0.39 is 6.10 Å². The molecule has 1 saturated heterocycles. The number of aliphatic hydroxyl groups is 1. The van der Waals surface area contributed by atoms with Gasteiger partial charge in [-0.05, 0) is 38.1 Å². The van der Waals surface area contributed by atoms with Crippen LogP contribution in [0.3, 0.4) is 0 Å². The third kappa shape index (κ3) is 2.93. The maximum Gasteiger partial charge on any atom is 0.255 e. The minimum atomic E-state index is -0.479. The molecule has 3 aliphatic rings. The summed E-state index contributed by atoms with van der Waals surface area (Å²) >= 11 is 0. The first-order valence-electron chi connectivity index (χ1n) is 9.98. The molecular formula is C20H30N4O2. The number of likely N-dealkylation sites (tertiary alicyclic amines) is 1. The van der Waals surface area contributed by atoms with E-state index in [2.05, 4.69) is 41.0 Å². The molecule has 1 aromatic heterocycles. The van der Waals surface area contributed by atoms with Crippen molar-refractivity contribution in [1.82, 2.24) is 20.2 Å². The molecule has 1 aliphatic heterocycles. The van der Waals surface area contributed by atoms with Crippen molar-refractivity contribution in [3.63, 3.8) is 0 Å². The first-order valence-corrected chi connectivity index (χ1v) is 9.98. The molecule has 2 unspecified atom stereocenters. The molecule has 1 amide bonds. The van der Waals surface area contributed by atoms with E-state index in [9.17, 15) is 9.90 Å². The molecule has 2 aliphatic carbocycles. The normalized spacial score (nSPS) is 34.3. The average Bonchev–Trinajstić information content (AvgIpc) is 3.38. The molecule has 4 atom stereocenters. The van der Waals surface area contributed by atoms with E-state index in [0.717, 1.165) is 44.5 Å². The first kappa shape index (κ1) is 17.9. The number of aliphatic hydroxyl groups excluding tert-OH is 1. The third-order valence-electron chi connectivity index (χ3n) is 6.55. The molecule has 1 spiro atoms. The largest absolute Gasteiger partial charge is 0.391 e. The zero-order valence-electron chi connectivity index (χ0n) is 16.0. The monoisotopic (exact) mass is 358 g/mol. The molecule has 142 valence electrons. The molecule has 26 heavy (non-hydrogen) atoms. The molecular weight excluding hydrogens is 328 g/mol. The number of hydrogen-bond donors (Lipinski definition) is 2. The van der Waals surface area contributed by atoms with Crippen molar-refractivity contribution in [3.8, 4) is 0 Å². The number of carbonyl (C=O) groups is 1. The van der Waals surface area contributed by atoms with Crippen LogP contribution in [0.25, 0.3) is 0 Å². The van der Waals surface area contributed by atoms with Gasteiger partial charge in [-0.15, -0.1) is 0 Å². The molecule has 0 bridgehead atoms. The molecule has 3 fully saturated rings. The smallest absolute Gasteiger partial charge is 0.255 e. The van der Waals surface area contributed by atoms with Crippen LogP contribution in [-0.4, -0.2) is 57.2 Å². The highest BCUT2D eigenvalue weighted by Crippen LogP contribution is 2.52. The number of carbonyl (C=O) groups excluding carboxylic acids is 1. The third-order valence-corrected chi connectivity index (χ3v) is 6.55. The molecule has 4 rings (SSSR count). The van der Waals surface area contributed by atoms with Crippen LogP contribution in [-0.2, 0) is 0 Å². The summed E-state index contributed by atoms with van der Waals surface area (Å²) in [7, 11) is 0. The van der Waals surface area contributed by atoms with Crippen LogP contribution in [0, 0.1) is 11.3 Å². The van der Waals surface area contributed by atoms with Crippen molar-refractivity contribution in [2.75, 3.05) is 13.1 Å². The summed E-state index contributed by atoms with van der Waals surface area (Å²) in [4.78, 5) is 23.7. The highest BCUT2D eigenvalue weighted by molar-refractivity contribution is 5.95. The van der Waals surface area contributed by atoms with E-state index in [1.54, 1.807) is 6.20 Å². The van der Waals surface area contributed by atoms with Crippen molar-refractivity contribution in [3.05, 3.63) is 23.8 Å². The molecule has 0 radical (unpaired) electrons. The number of nitrogens with one attached hydrogen (secondary N) is 1. The molecule has 0 aromatic carbocycles. The van der Waals surface area contributed by atoms with Gasteiger partial charge in [0.05, 0.1) is 23.4 Å². The molecule has 2 heterocycles. The summed E-state index contributed by atoms with van der Waals surface area (Å²) in [5, 5.41) is 13.8. The van der Waals surface area contributed by atoms with Gasteiger partial charge in [0.25, 0.3) is 5.91 Å². The van der Waals surface area contributed by atoms with Crippen molar-refractivity contribution in [2.24, 2.45) is 11.3 Å². The lowest BCUT2D eigenvalue weighted by molar-refractivity contribution is -0.0963. The summed E-state index contributed by atoms with van der Waals surface area (Å²) in [5.41, 5.74) is 1.57. The molecule has 6 heteroatoms. The van der Waals surface area contributed by atoms with Crippen molar-refractivity contribution < 1.29 is 9.90 Å². The molecule has 6 nitrogen and oxygen atoms in total. The Labute approximate surface area is 155 Å². The standard InChI is InChI=1S/C20H30N4O2/c1-4-24-10-20(18(24)12(2)3)7-15(16(25)8-20)23-19(26)14-9-21-11-22-17(14)13-5-6-13/h9,11-13,15-16,18,25H,4-8,10H2,1-3H3,(H,23,26)/t15-,16-,18?,20?/m1/s1. The predicted octanol–water partition coefficient (Wildman–Crippen LogP) is 1.95. The van der Waals surface area contributed by atoms with E-state index in [4.69, 9.17) is 0 Å². The van der Waals surface area contributed by atoms with Crippen LogP contribution in [0.1, 0.15) is 68.4 Å². The Hall–Kier alpha value is -1.53. The van der Waals surface area contributed by atoms with Crippen LogP contribution in [0.15, 0.2) is 12.5 Å². The second-order valence-electron chi connectivity index (χ2n) is 8.77. The van der Waals surface area contributed by atoms with Gasteiger partial charge in [-0.1, -0.05) is 20.8 Å². The minimum Gasteiger partial charge on any atom is -0.391 e. The quantitative estimate of drug-likeness (QED) is 0.841. The average molecular weight is 358 g/mol. The number of rotatable bonds is 5. The Kier molecular flexibility index (Phi) is 4.51. The lowest BCUT2D eigenvalue weighted by atomic mass is 9.65. The fourth-order valence-corrected chi connectivity index (χ4v) is 5.48. The maximum absolute atomic E-state index is 12.8. The van der Waals surface area contributed by atoms with Gasteiger partial charge < -0.3 is 10.4 Å². The Morgan fingerprint density at radius 1 is 1.42 bits per heavy atom. The second kappa shape index (κ2) is 6.57. The van der Waals surface area contributed by atoms with Gasteiger partial charge >= 0.3 is 0 Å². The Bertz CT molecular complexity index is 690. The van der Waals surface area contributed by atoms with E-state index in [-0.39, 0.29) is 17.4 Å². The van der Waals surface area contributed by atoms with Crippen LogP contribution in [0.2, 0.25) is 0 Å².